The highest BCUT2D eigenvalue weighted by Gasteiger charge is 2.28. The molecule has 0 radical (unpaired) electrons. The Labute approximate surface area is 123 Å². The van der Waals surface area contributed by atoms with Gasteiger partial charge >= 0.3 is 0 Å². The van der Waals surface area contributed by atoms with E-state index in [1.807, 2.05) is 11.9 Å². The number of hydrogen-bond acceptors (Lipinski definition) is 2. The van der Waals surface area contributed by atoms with E-state index >= 15 is 0 Å². The Morgan fingerprint density at radius 2 is 1.84 bits per heavy atom. The summed E-state index contributed by atoms with van der Waals surface area (Å²) in [7, 11) is 1.86. The first-order valence-electron chi connectivity index (χ1n) is 6.59. The second-order valence-corrected chi connectivity index (χ2v) is 6.02. The topological polar surface area (TPSA) is 33.2 Å². The third-order valence-corrected chi connectivity index (χ3v) is 4.28. The first-order valence-corrected chi connectivity index (χ1v) is 7.35. The maximum Gasteiger partial charge on any atom is 0.254 e. The molecule has 5 heteroatoms. The van der Waals surface area contributed by atoms with E-state index in [1.54, 1.807) is 12.1 Å². The highest BCUT2D eigenvalue weighted by Crippen LogP contribution is 2.28. The summed E-state index contributed by atoms with van der Waals surface area (Å²) in [6.45, 7) is 2.21. The van der Waals surface area contributed by atoms with Crippen molar-refractivity contribution in [3.63, 3.8) is 0 Å². The van der Waals surface area contributed by atoms with Gasteiger partial charge in [-0.05, 0) is 30.9 Å². The van der Waals surface area contributed by atoms with Crippen molar-refractivity contribution in [2.45, 2.75) is 38.6 Å². The van der Waals surface area contributed by atoms with Gasteiger partial charge in [-0.1, -0.05) is 43.0 Å². The van der Waals surface area contributed by atoms with Crippen LogP contribution in [-0.2, 0) is 0 Å². The van der Waals surface area contributed by atoms with Crippen LogP contribution in [0.25, 0.3) is 0 Å². The molecular weight excluding hydrogens is 283 g/mol. The largest absolute Gasteiger partial charge is 0.338 e. The van der Waals surface area contributed by atoms with Gasteiger partial charge < -0.3 is 4.90 Å². The summed E-state index contributed by atoms with van der Waals surface area (Å²) in [5.41, 5.74) is 0.505. The number of hydrogen-bond donors (Lipinski definition) is 0. The number of nitrogens with zero attached hydrogens (tertiary/aromatic N) is 2. The zero-order valence-corrected chi connectivity index (χ0v) is 12.7. The maximum absolute atomic E-state index is 12.5. The molecule has 2 atom stereocenters. The Hall–Kier alpha value is -0.800. The molecule has 1 fully saturated rings. The summed E-state index contributed by atoms with van der Waals surface area (Å²) in [6.07, 6.45) is 4.69. The number of aromatic nitrogens is 1. The average molecular weight is 301 g/mol. The van der Waals surface area contributed by atoms with Crippen LogP contribution in [-0.4, -0.2) is 28.9 Å². The number of carbonyl (C=O) groups is 1. The van der Waals surface area contributed by atoms with Crippen LogP contribution in [0.2, 0.25) is 10.3 Å². The number of amides is 1. The van der Waals surface area contributed by atoms with E-state index in [1.165, 1.54) is 19.3 Å². The molecule has 0 bridgehead atoms. The van der Waals surface area contributed by atoms with Gasteiger partial charge in [-0.25, -0.2) is 4.98 Å². The first kappa shape index (κ1) is 14.6. The summed E-state index contributed by atoms with van der Waals surface area (Å²) in [6, 6.07) is 3.44. The van der Waals surface area contributed by atoms with Gasteiger partial charge in [-0.2, -0.15) is 0 Å². The Morgan fingerprint density at radius 1 is 1.26 bits per heavy atom. The van der Waals surface area contributed by atoms with Crippen molar-refractivity contribution in [1.82, 2.24) is 9.88 Å². The van der Waals surface area contributed by atoms with E-state index in [9.17, 15) is 4.79 Å². The summed E-state index contributed by atoms with van der Waals surface area (Å²) >= 11 is 11.7. The normalized spacial score (nSPS) is 23.2. The van der Waals surface area contributed by atoms with Crippen LogP contribution in [0.15, 0.2) is 12.1 Å². The van der Waals surface area contributed by atoms with Gasteiger partial charge in [-0.3, -0.25) is 4.79 Å². The number of carbonyl (C=O) groups excluding carboxylic acids is 1. The fourth-order valence-corrected chi connectivity index (χ4v) is 3.28. The molecule has 0 saturated heterocycles. The quantitative estimate of drug-likeness (QED) is 0.772. The highest BCUT2D eigenvalue weighted by molar-refractivity contribution is 6.33. The van der Waals surface area contributed by atoms with Gasteiger partial charge in [0.05, 0.1) is 0 Å². The van der Waals surface area contributed by atoms with Crippen LogP contribution in [0.5, 0.6) is 0 Å². The summed E-state index contributed by atoms with van der Waals surface area (Å²) in [5.74, 6) is 0.500. The van der Waals surface area contributed by atoms with Crippen LogP contribution in [0, 0.1) is 5.92 Å². The van der Waals surface area contributed by atoms with E-state index in [0.29, 0.717) is 17.5 Å². The molecule has 0 aromatic carbocycles. The fourth-order valence-electron chi connectivity index (χ4n) is 2.81. The zero-order valence-electron chi connectivity index (χ0n) is 11.2. The molecule has 0 aliphatic heterocycles. The predicted octanol–water partition coefficient (Wildman–Crippen LogP) is 4.04. The Morgan fingerprint density at radius 3 is 2.42 bits per heavy atom. The molecule has 2 rings (SSSR count). The van der Waals surface area contributed by atoms with E-state index in [2.05, 4.69) is 11.9 Å². The predicted molar refractivity (Wildman–Crippen MR) is 77.8 cm³/mol. The molecule has 0 N–H and O–H groups in total. The van der Waals surface area contributed by atoms with Crippen molar-refractivity contribution in [3.8, 4) is 0 Å². The minimum atomic E-state index is -0.0371. The Balaban J connectivity index is 2.18. The van der Waals surface area contributed by atoms with Gasteiger partial charge in [-0.15, -0.1) is 0 Å². The maximum atomic E-state index is 12.5. The lowest BCUT2D eigenvalue weighted by Gasteiger charge is -2.36. The Kier molecular flexibility index (Phi) is 4.69. The van der Waals surface area contributed by atoms with E-state index in [0.717, 1.165) is 6.42 Å². The molecule has 2 unspecified atom stereocenters. The van der Waals surface area contributed by atoms with Crippen molar-refractivity contribution in [2.24, 2.45) is 5.92 Å². The number of pyridine rings is 1. The first-order chi connectivity index (χ1) is 8.99. The van der Waals surface area contributed by atoms with Crippen molar-refractivity contribution >= 4 is 29.1 Å². The SMILES string of the molecule is CC1CCCCC1N(C)C(=O)c1cc(Cl)nc(Cl)c1. The van der Waals surface area contributed by atoms with E-state index in [4.69, 9.17) is 23.2 Å². The Bertz CT molecular complexity index is 458. The standard InChI is InChI=1S/C14H18Cl2N2O/c1-9-5-3-4-6-11(9)18(2)14(19)10-7-12(15)17-13(16)8-10/h7-9,11H,3-6H2,1-2H3. The van der Waals surface area contributed by atoms with Crippen LogP contribution >= 0.6 is 23.2 Å². The van der Waals surface area contributed by atoms with Crippen LogP contribution in [0.3, 0.4) is 0 Å². The lowest BCUT2D eigenvalue weighted by atomic mass is 9.85. The average Bonchev–Trinajstić information content (AvgIpc) is 2.36. The third-order valence-electron chi connectivity index (χ3n) is 3.89. The molecule has 1 aliphatic rings. The fraction of sp³-hybridized carbons (Fsp3) is 0.571. The van der Waals surface area contributed by atoms with E-state index in [-0.39, 0.29) is 16.2 Å². The molecule has 1 aliphatic carbocycles. The van der Waals surface area contributed by atoms with Gasteiger partial charge in [0.2, 0.25) is 0 Å². The number of halogens is 2. The second kappa shape index (κ2) is 6.10. The van der Waals surface area contributed by atoms with Crippen LogP contribution in [0.4, 0.5) is 0 Å². The second-order valence-electron chi connectivity index (χ2n) is 5.25. The van der Waals surface area contributed by atoms with Crippen molar-refractivity contribution in [1.29, 1.82) is 0 Å². The van der Waals surface area contributed by atoms with Crippen molar-refractivity contribution in [2.75, 3.05) is 7.05 Å². The van der Waals surface area contributed by atoms with Gasteiger partial charge in [0.1, 0.15) is 10.3 Å². The third kappa shape index (κ3) is 3.40. The lowest BCUT2D eigenvalue weighted by Crippen LogP contribution is -2.42. The molecule has 3 nitrogen and oxygen atoms in total. The van der Waals surface area contributed by atoms with Gasteiger partial charge in [0, 0.05) is 18.7 Å². The monoisotopic (exact) mass is 300 g/mol. The summed E-state index contributed by atoms with van der Waals surface area (Å²) in [5, 5.41) is 0.502. The molecule has 104 valence electrons. The van der Waals surface area contributed by atoms with Crippen molar-refractivity contribution in [3.05, 3.63) is 28.0 Å². The van der Waals surface area contributed by atoms with E-state index < -0.39 is 0 Å². The number of rotatable bonds is 2. The molecule has 0 spiro atoms. The molecule has 1 amide bonds. The van der Waals surface area contributed by atoms with Gasteiger partial charge in [0.25, 0.3) is 5.91 Å². The summed E-state index contributed by atoms with van der Waals surface area (Å²) in [4.78, 5) is 18.2. The molecule has 1 saturated carbocycles. The minimum absolute atomic E-state index is 0.0371. The van der Waals surface area contributed by atoms with Crippen LogP contribution in [0.1, 0.15) is 43.0 Å². The molecular formula is C14H18Cl2N2O. The minimum Gasteiger partial charge on any atom is -0.338 e. The summed E-state index contributed by atoms with van der Waals surface area (Å²) < 4.78 is 0. The molecule has 19 heavy (non-hydrogen) atoms. The highest BCUT2D eigenvalue weighted by atomic mass is 35.5. The lowest BCUT2D eigenvalue weighted by molar-refractivity contribution is 0.0629. The zero-order chi connectivity index (χ0) is 14.0. The molecule has 1 aromatic rings. The smallest absolute Gasteiger partial charge is 0.254 e. The molecule has 1 aromatic heterocycles. The molecule has 1 heterocycles. The van der Waals surface area contributed by atoms with Crippen LogP contribution < -0.4 is 0 Å². The van der Waals surface area contributed by atoms with Gasteiger partial charge in [0.15, 0.2) is 0 Å². The van der Waals surface area contributed by atoms with Crippen molar-refractivity contribution < 1.29 is 4.79 Å².